The summed E-state index contributed by atoms with van der Waals surface area (Å²) in [5.74, 6) is 0.353. The van der Waals surface area contributed by atoms with Gasteiger partial charge in [-0.15, -0.1) is 0 Å². The van der Waals surface area contributed by atoms with Crippen LogP contribution in [0.4, 0.5) is 17.3 Å². The van der Waals surface area contributed by atoms with Crippen LogP contribution in [0.15, 0.2) is 36.7 Å². The summed E-state index contributed by atoms with van der Waals surface area (Å²) in [5, 5.41) is 14.0. The minimum Gasteiger partial charge on any atom is -0.338 e. The molecule has 1 aliphatic heterocycles. The molecule has 0 aliphatic carbocycles. The quantitative estimate of drug-likeness (QED) is 0.626. The Morgan fingerprint density at radius 3 is 2.58 bits per heavy atom. The Balaban J connectivity index is 1.55. The maximum Gasteiger partial charge on any atom is 0.292 e. The second-order valence-electron chi connectivity index (χ2n) is 5.78. The van der Waals surface area contributed by atoms with Crippen LogP contribution in [-0.4, -0.2) is 58.4 Å². The zero-order chi connectivity index (χ0) is 18.5. The van der Waals surface area contributed by atoms with E-state index >= 15 is 0 Å². The Hall–Kier alpha value is -2.78. The van der Waals surface area contributed by atoms with Gasteiger partial charge in [-0.1, -0.05) is 11.6 Å². The number of carbonyl (C=O) groups excluding carboxylic acids is 1. The molecule has 3 rings (SSSR count). The van der Waals surface area contributed by atoms with Crippen LogP contribution < -0.4 is 10.2 Å². The van der Waals surface area contributed by atoms with E-state index in [0.717, 1.165) is 0 Å². The van der Waals surface area contributed by atoms with Crippen LogP contribution in [0.5, 0.6) is 0 Å². The maximum absolute atomic E-state index is 12.3. The molecule has 26 heavy (non-hydrogen) atoms. The zero-order valence-electron chi connectivity index (χ0n) is 13.8. The summed E-state index contributed by atoms with van der Waals surface area (Å²) in [6.07, 6.45) is 3.39. The molecule has 0 atom stereocenters. The van der Waals surface area contributed by atoms with Gasteiger partial charge in [-0.2, -0.15) is 0 Å². The second kappa shape index (κ2) is 8.07. The first-order chi connectivity index (χ1) is 12.5. The summed E-state index contributed by atoms with van der Waals surface area (Å²) < 4.78 is 0. The number of amides is 1. The number of piperazine rings is 1. The van der Waals surface area contributed by atoms with Gasteiger partial charge in [0, 0.05) is 49.7 Å². The summed E-state index contributed by atoms with van der Waals surface area (Å²) in [7, 11) is 0. The molecule has 0 bridgehead atoms. The van der Waals surface area contributed by atoms with Crippen molar-refractivity contribution in [3.8, 4) is 0 Å². The molecule has 9 nitrogen and oxygen atoms in total. The molecule has 1 N–H and O–H groups in total. The highest BCUT2D eigenvalue weighted by molar-refractivity contribution is 6.31. The van der Waals surface area contributed by atoms with Gasteiger partial charge >= 0.3 is 0 Å². The molecule has 0 unspecified atom stereocenters. The van der Waals surface area contributed by atoms with E-state index in [2.05, 4.69) is 20.2 Å². The highest BCUT2D eigenvalue weighted by Crippen LogP contribution is 2.27. The van der Waals surface area contributed by atoms with Gasteiger partial charge in [0.05, 0.1) is 11.5 Å². The molecule has 0 saturated carbocycles. The van der Waals surface area contributed by atoms with E-state index in [1.54, 1.807) is 18.5 Å². The van der Waals surface area contributed by atoms with Crippen molar-refractivity contribution in [3.05, 3.63) is 51.8 Å². The summed E-state index contributed by atoms with van der Waals surface area (Å²) in [6, 6.07) is 5.83. The number of nitrogens with zero attached hydrogens (tertiary/aromatic N) is 5. The van der Waals surface area contributed by atoms with E-state index in [1.807, 2.05) is 4.90 Å². The summed E-state index contributed by atoms with van der Waals surface area (Å²) in [6.45, 7) is 2.89. The van der Waals surface area contributed by atoms with Crippen molar-refractivity contribution in [3.63, 3.8) is 0 Å². The van der Waals surface area contributed by atoms with E-state index in [9.17, 15) is 14.9 Å². The Kier molecular flexibility index (Phi) is 5.59. The second-order valence-corrected chi connectivity index (χ2v) is 6.22. The van der Waals surface area contributed by atoms with Gasteiger partial charge in [-0.3, -0.25) is 19.8 Å². The lowest BCUT2D eigenvalue weighted by molar-refractivity contribution is -0.383. The van der Waals surface area contributed by atoms with Crippen molar-refractivity contribution in [2.45, 2.75) is 0 Å². The number of hydrogen-bond donors (Lipinski definition) is 1. The molecule has 1 amide bonds. The first-order valence-electron chi connectivity index (χ1n) is 8.01. The molecular formula is C16H17ClN6O3. The predicted octanol–water partition coefficient (Wildman–Crippen LogP) is 1.80. The lowest BCUT2D eigenvalue weighted by Gasteiger charge is -2.34. The molecule has 1 aromatic carbocycles. The fourth-order valence-corrected chi connectivity index (χ4v) is 2.89. The minimum atomic E-state index is -0.551. The van der Waals surface area contributed by atoms with Gasteiger partial charge in [0.2, 0.25) is 11.9 Å². The van der Waals surface area contributed by atoms with Gasteiger partial charge in [0.15, 0.2) is 0 Å². The van der Waals surface area contributed by atoms with Crippen LogP contribution in [0.1, 0.15) is 0 Å². The Morgan fingerprint density at radius 1 is 1.23 bits per heavy atom. The van der Waals surface area contributed by atoms with Crippen LogP contribution >= 0.6 is 11.6 Å². The molecule has 1 aromatic heterocycles. The van der Waals surface area contributed by atoms with Gasteiger partial charge < -0.3 is 10.2 Å². The van der Waals surface area contributed by atoms with Crippen molar-refractivity contribution >= 4 is 34.8 Å². The molecule has 0 spiro atoms. The van der Waals surface area contributed by atoms with Gasteiger partial charge in [-0.25, -0.2) is 9.97 Å². The highest BCUT2D eigenvalue weighted by atomic mass is 35.5. The topological polar surface area (TPSA) is 104 Å². The van der Waals surface area contributed by atoms with Crippen molar-refractivity contribution in [1.29, 1.82) is 0 Å². The van der Waals surface area contributed by atoms with Gasteiger partial charge in [-0.05, 0) is 18.2 Å². The zero-order valence-corrected chi connectivity index (χ0v) is 14.6. The molecule has 1 fully saturated rings. The number of nitrogens with one attached hydrogen (secondary N) is 1. The summed E-state index contributed by atoms with van der Waals surface area (Å²) in [4.78, 5) is 35.2. The number of benzene rings is 1. The standard InChI is InChI=1S/C16H17ClN6O3/c17-12-2-3-14(23(25)26)13(10-12)20-15(24)11-21-6-8-22(9-7-21)16-18-4-1-5-19-16/h1-5,10H,6-9,11H2,(H,20,24). The molecule has 136 valence electrons. The molecule has 0 radical (unpaired) electrons. The highest BCUT2D eigenvalue weighted by Gasteiger charge is 2.22. The Labute approximate surface area is 154 Å². The van der Waals surface area contributed by atoms with Crippen LogP contribution in [0.25, 0.3) is 0 Å². The van der Waals surface area contributed by atoms with Crippen molar-refractivity contribution in [2.75, 3.05) is 42.9 Å². The number of nitro benzene ring substituents is 1. The molecule has 1 aliphatic rings. The average Bonchev–Trinajstić information content (AvgIpc) is 2.63. The van der Waals surface area contributed by atoms with Crippen LogP contribution in [0.2, 0.25) is 5.02 Å². The molecule has 2 aromatic rings. The minimum absolute atomic E-state index is 0.101. The monoisotopic (exact) mass is 376 g/mol. The predicted molar refractivity (Wildman–Crippen MR) is 97.4 cm³/mol. The first-order valence-corrected chi connectivity index (χ1v) is 8.39. The maximum atomic E-state index is 12.3. The normalized spacial score (nSPS) is 14.9. The Morgan fingerprint density at radius 2 is 1.92 bits per heavy atom. The fraction of sp³-hybridized carbons (Fsp3) is 0.312. The first kappa shape index (κ1) is 18.0. The number of nitro groups is 1. The lowest BCUT2D eigenvalue weighted by atomic mass is 10.2. The molecule has 2 heterocycles. The largest absolute Gasteiger partial charge is 0.338 e. The number of halogens is 1. The summed E-state index contributed by atoms with van der Waals surface area (Å²) >= 11 is 5.87. The third-order valence-electron chi connectivity index (χ3n) is 4.00. The SMILES string of the molecule is O=C(CN1CCN(c2ncccn2)CC1)Nc1cc(Cl)ccc1[N+](=O)[O-]. The van der Waals surface area contributed by atoms with Crippen LogP contribution in [0.3, 0.4) is 0 Å². The number of aromatic nitrogens is 2. The van der Waals surface area contributed by atoms with E-state index in [-0.39, 0.29) is 23.8 Å². The fourth-order valence-electron chi connectivity index (χ4n) is 2.72. The molecule has 10 heteroatoms. The van der Waals surface area contributed by atoms with Crippen LogP contribution in [-0.2, 0) is 4.79 Å². The van der Waals surface area contributed by atoms with E-state index < -0.39 is 4.92 Å². The van der Waals surface area contributed by atoms with Gasteiger partial charge in [0.25, 0.3) is 5.69 Å². The number of rotatable bonds is 5. The molecular weight excluding hydrogens is 360 g/mol. The third kappa shape index (κ3) is 4.44. The van der Waals surface area contributed by atoms with E-state index in [0.29, 0.717) is 37.1 Å². The number of anilines is 2. The van der Waals surface area contributed by atoms with Gasteiger partial charge in [0.1, 0.15) is 5.69 Å². The summed E-state index contributed by atoms with van der Waals surface area (Å²) in [5.41, 5.74) is -0.0855. The van der Waals surface area contributed by atoms with Crippen molar-refractivity contribution in [1.82, 2.24) is 14.9 Å². The number of hydrogen-bond acceptors (Lipinski definition) is 7. The molecule has 1 saturated heterocycles. The van der Waals surface area contributed by atoms with Crippen molar-refractivity contribution in [2.24, 2.45) is 0 Å². The van der Waals surface area contributed by atoms with E-state index in [1.165, 1.54) is 18.2 Å². The van der Waals surface area contributed by atoms with E-state index in [4.69, 9.17) is 11.6 Å². The van der Waals surface area contributed by atoms with Crippen molar-refractivity contribution < 1.29 is 9.72 Å². The van der Waals surface area contributed by atoms with Crippen LogP contribution in [0, 0.1) is 10.1 Å². The Bertz CT molecular complexity index is 796. The smallest absolute Gasteiger partial charge is 0.292 e. The lowest BCUT2D eigenvalue weighted by Crippen LogP contribution is -2.49. The number of carbonyl (C=O) groups is 1. The third-order valence-corrected chi connectivity index (χ3v) is 4.24. The average molecular weight is 377 g/mol.